The maximum Gasteiger partial charge on any atom is 0.298 e. The van der Waals surface area contributed by atoms with Gasteiger partial charge in [-0.15, -0.1) is 0 Å². The summed E-state index contributed by atoms with van der Waals surface area (Å²) in [6.45, 7) is 0. The first-order chi connectivity index (χ1) is 10.9. The van der Waals surface area contributed by atoms with E-state index in [0.29, 0.717) is 10.8 Å². The van der Waals surface area contributed by atoms with Gasteiger partial charge >= 0.3 is 0 Å². The lowest BCUT2D eigenvalue weighted by Gasteiger charge is -2.35. The van der Waals surface area contributed by atoms with Crippen LogP contribution in [-0.2, 0) is 10.1 Å². The van der Waals surface area contributed by atoms with Gasteiger partial charge in [0.15, 0.2) is 0 Å². The molecule has 2 bridgehead atoms. The summed E-state index contributed by atoms with van der Waals surface area (Å²) < 4.78 is 30.6. The van der Waals surface area contributed by atoms with Crippen molar-refractivity contribution in [2.45, 2.75) is 43.4 Å². The summed E-state index contributed by atoms with van der Waals surface area (Å²) in [4.78, 5) is -0.471. The number of phenolic OH excluding ortho intramolecular Hbond substituents is 1. The lowest BCUT2D eigenvalue weighted by molar-refractivity contribution is 0.176. The molecule has 124 valence electrons. The summed E-state index contributed by atoms with van der Waals surface area (Å²) >= 11 is 0. The van der Waals surface area contributed by atoms with E-state index in [-0.39, 0.29) is 0 Å². The third-order valence-corrected chi connectivity index (χ3v) is 5.98. The van der Waals surface area contributed by atoms with E-state index in [4.69, 9.17) is 4.55 Å². The van der Waals surface area contributed by atoms with Crippen molar-refractivity contribution in [3.8, 4) is 5.75 Å². The van der Waals surface area contributed by atoms with Crippen LogP contribution in [0.25, 0.3) is 10.8 Å². The highest BCUT2D eigenvalue weighted by atomic mass is 32.2. The monoisotopic (exact) mass is 334 g/mol. The SMILES string of the molecule is C1CC2CCC1CC2.O=S(=O)(O)c1ccc2ccccc2c1O. The van der Waals surface area contributed by atoms with Crippen LogP contribution in [-0.4, -0.2) is 18.1 Å². The number of rotatable bonds is 1. The first-order valence-corrected chi connectivity index (χ1v) is 9.57. The predicted octanol–water partition coefficient (Wildman–Crippen LogP) is 4.38. The van der Waals surface area contributed by atoms with Crippen LogP contribution in [0.4, 0.5) is 0 Å². The largest absolute Gasteiger partial charge is 0.506 e. The van der Waals surface area contributed by atoms with Crippen molar-refractivity contribution in [2.75, 3.05) is 0 Å². The Morgan fingerprint density at radius 1 is 0.826 bits per heavy atom. The Labute approximate surface area is 136 Å². The molecule has 5 rings (SSSR count). The number of benzene rings is 2. The minimum Gasteiger partial charge on any atom is -0.506 e. The Morgan fingerprint density at radius 3 is 1.83 bits per heavy atom. The number of hydrogen-bond donors (Lipinski definition) is 2. The van der Waals surface area contributed by atoms with Gasteiger partial charge in [0.05, 0.1) is 0 Å². The van der Waals surface area contributed by atoms with Crippen LogP contribution >= 0.6 is 0 Å². The molecule has 0 unspecified atom stereocenters. The van der Waals surface area contributed by atoms with Gasteiger partial charge in [0.2, 0.25) is 0 Å². The van der Waals surface area contributed by atoms with Gasteiger partial charge in [-0.3, -0.25) is 4.55 Å². The van der Waals surface area contributed by atoms with Crippen molar-refractivity contribution in [2.24, 2.45) is 11.8 Å². The van der Waals surface area contributed by atoms with Gasteiger partial charge in [-0.25, -0.2) is 0 Å². The zero-order valence-corrected chi connectivity index (χ0v) is 13.8. The first kappa shape index (κ1) is 16.3. The highest BCUT2D eigenvalue weighted by Crippen LogP contribution is 2.40. The second-order valence-corrected chi connectivity index (χ2v) is 7.96. The summed E-state index contributed by atoms with van der Waals surface area (Å²) in [5.74, 6) is 1.88. The van der Waals surface area contributed by atoms with E-state index in [9.17, 15) is 13.5 Å². The third kappa shape index (κ3) is 3.67. The molecular formula is C18H22O4S. The van der Waals surface area contributed by atoms with E-state index in [0.717, 1.165) is 11.8 Å². The normalized spacial score (nSPS) is 23.3. The molecule has 3 fully saturated rings. The predicted molar refractivity (Wildman–Crippen MR) is 90.1 cm³/mol. The molecule has 3 aliphatic carbocycles. The molecule has 0 aliphatic heterocycles. The molecule has 3 saturated carbocycles. The number of phenols is 1. The molecule has 5 heteroatoms. The summed E-state index contributed by atoms with van der Waals surface area (Å²) in [5.41, 5.74) is 0. The van der Waals surface area contributed by atoms with Gasteiger partial charge in [0.25, 0.3) is 10.1 Å². The summed E-state index contributed by atoms with van der Waals surface area (Å²) in [7, 11) is -4.37. The van der Waals surface area contributed by atoms with Crippen molar-refractivity contribution in [3.05, 3.63) is 36.4 Å². The zero-order valence-electron chi connectivity index (χ0n) is 13.0. The van der Waals surface area contributed by atoms with Crippen molar-refractivity contribution < 1.29 is 18.1 Å². The summed E-state index contributed by atoms with van der Waals surface area (Å²) in [6, 6.07) is 9.47. The highest BCUT2D eigenvalue weighted by molar-refractivity contribution is 7.86. The molecule has 0 saturated heterocycles. The van der Waals surface area contributed by atoms with Crippen LogP contribution in [0, 0.1) is 11.8 Å². The van der Waals surface area contributed by atoms with E-state index in [1.165, 1.54) is 12.1 Å². The fraction of sp³-hybridized carbons (Fsp3) is 0.444. The highest BCUT2D eigenvalue weighted by Gasteiger charge is 2.26. The van der Waals surface area contributed by atoms with Gasteiger partial charge in [-0.2, -0.15) is 8.42 Å². The lowest BCUT2D eigenvalue weighted by atomic mass is 9.71. The van der Waals surface area contributed by atoms with Gasteiger partial charge < -0.3 is 5.11 Å². The molecule has 3 aliphatic rings. The average Bonchev–Trinajstić information content (AvgIpc) is 2.57. The van der Waals surface area contributed by atoms with E-state index >= 15 is 0 Å². The number of fused-ring (bicyclic) bond motifs is 4. The molecule has 0 spiro atoms. The van der Waals surface area contributed by atoms with E-state index in [1.807, 2.05) is 0 Å². The van der Waals surface area contributed by atoms with E-state index in [1.54, 1.807) is 62.8 Å². The molecule has 4 nitrogen and oxygen atoms in total. The molecule has 0 aromatic heterocycles. The first-order valence-electron chi connectivity index (χ1n) is 8.13. The quantitative estimate of drug-likeness (QED) is 0.759. The maximum atomic E-state index is 10.9. The fourth-order valence-corrected chi connectivity index (χ4v) is 4.32. The lowest BCUT2D eigenvalue weighted by Crippen LogP contribution is -2.21. The number of hydrogen-bond acceptors (Lipinski definition) is 3. The van der Waals surface area contributed by atoms with Crippen LogP contribution < -0.4 is 0 Å². The third-order valence-electron chi connectivity index (χ3n) is 5.09. The maximum absolute atomic E-state index is 10.9. The van der Waals surface area contributed by atoms with Crippen LogP contribution in [0.3, 0.4) is 0 Å². The minimum atomic E-state index is -4.37. The van der Waals surface area contributed by atoms with Crippen molar-refractivity contribution in [3.63, 3.8) is 0 Å². The van der Waals surface area contributed by atoms with Crippen LogP contribution in [0.15, 0.2) is 41.3 Å². The van der Waals surface area contributed by atoms with E-state index in [2.05, 4.69) is 0 Å². The standard InChI is InChI=1S/C10H8O4S.C8H14/c11-10-8-4-2-1-3-7(8)5-6-9(10)15(12,13)14;1-2-8-5-3-7(1)4-6-8/h1-6,11H,(H,12,13,14);7-8H,1-6H2. The summed E-state index contributed by atoms with van der Waals surface area (Å²) in [5, 5.41) is 10.8. The van der Waals surface area contributed by atoms with Crippen molar-refractivity contribution >= 4 is 20.9 Å². The molecule has 2 aromatic carbocycles. The Morgan fingerprint density at radius 2 is 1.35 bits per heavy atom. The van der Waals surface area contributed by atoms with Crippen LogP contribution in [0.1, 0.15) is 38.5 Å². The van der Waals surface area contributed by atoms with Gasteiger partial charge in [0.1, 0.15) is 10.6 Å². The molecule has 0 heterocycles. The molecule has 2 N–H and O–H groups in total. The topological polar surface area (TPSA) is 74.6 Å². The van der Waals surface area contributed by atoms with Gasteiger partial charge in [-0.05, 0) is 23.3 Å². The van der Waals surface area contributed by atoms with E-state index < -0.39 is 20.8 Å². The Kier molecular flexibility index (Phi) is 4.60. The van der Waals surface area contributed by atoms with Crippen molar-refractivity contribution in [1.82, 2.24) is 0 Å². The van der Waals surface area contributed by atoms with Gasteiger partial charge in [-0.1, -0.05) is 68.9 Å². The Bertz CT molecular complexity index is 767. The molecule has 0 atom stereocenters. The second kappa shape index (κ2) is 6.49. The smallest absolute Gasteiger partial charge is 0.298 e. The van der Waals surface area contributed by atoms with Crippen LogP contribution in [0.2, 0.25) is 0 Å². The Balaban J connectivity index is 0.000000162. The molecule has 2 aromatic rings. The molecule has 0 radical (unpaired) electrons. The van der Waals surface area contributed by atoms with Gasteiger partial charge in [0, 0.05) is 5.39 Å². The average molecular weight is 334 g/mol. The molecule has 0 amide bonds. The van der Waals surface area contributed by atoms with Crippen molar-refractivity contribution in [1.29, 1.82) is 0 Å². The fourth-order valence-electron chi connectivity index (χ4n) is 3.72. The summed E-state index contributed by atoms with van der Waals surface area (Å²) in [6.07, 6.45) is 9.36. The molecule has 23 heavy (non-hydrogen) atoms. The Hall–Kier alpha value is -1.59. The molecular weight excluding hydrogens is 312 g/mol. The zero-order chi connectivity index (χ0) is 16.4. The second-order valence-electron chi connectivity index (χ2n) is 6.57. The minimum absolute atomic E-state index is 0.396. The number of aromatic hydroxyl groups is 1. The van der Waals surface area contributed by atoms with Crippen LogP contribution in [0.5, 0.6) is 5.75 Å².